The van der Waals surface area contributed by atoms with Crippen molar-refractivity contribution in [2.75, 3.05) is 0 Å². The molecule has 0 spiro atoms. The standard InChI is InChI=1S/C7H5I2N/c8-4-3-6-2-1-5-10-7(6)9/h1-5H/b4-3-. The van der Waals surface area contributed by atoms with Crippen molar-refractivity contribution in [3.05, 3.63) is 31.7 Å². The zero-order valence-electron chi connectivity index (χ0n) is 5.09. The first kappa shape index (κ1) is 8.45. The van der Waals surface area contributed by atoms with E-state index in [2.05, 4.69) is 50.2 Å². The molecule has 0 atom stereocenters. The van der Waals surface area contributed by atoms with Gasteiger partial charge >= 0.3 is 0 Å². The molecule has 3 heteroatoms. The second-order valence-corrected chi connectivity index (χ2v) is 3.42. The Balaban J connectivity index is 3.03. The largest absolute Gasteiger partial charge is 0.250 e. The van der Waals surface area contributed by atoms with E-state index in [9.17, 15) is 0 Å². The predicted octanol–water partition coefficient (Wildman–Crippen LogP) is 3.09. The molecule has 0 unspecified atom stereocenters. The third-order valence-corrected chi connectivity index (χ3v) is 2.29. The summed E-state index contributed by atoms with van der Waals surface area (Å²) in [6.07, 6.45) is 3.83. The highest BCUT2D eigenvalue weighted by molar-refractivity contribution is 14.1. The second kappa shape index (κ2) is 4.27. The highest BCUT2D eigenvalue weighted by Crippen LogP contribution is 2.10. The van der Waals surface area contributed by atoms with E-state index in [1.807, 2.05) is 22.3 Å². The van der Waals surface area contributed by atoms with Crippen LogP contribution in [-0.2, 0) is 0 Å². The van der Waals surface area contributed by atoms with Gasteiger partial charge in [-0.25, -0.2) is 4.98 Å². The fourth-order valence-corrected chi connectivity index (χ4v) is 1.50. The van der Waals surface area contributed by atoms with E-state index in [0.717, 1.165) is 3.70 Å². The van der Waals surface area contributed by atoms with Crippen LogP contribution in [0.25, 0.3) is 6.08 Å². The molecule has 0 bridgehead atoms. The summed E-state index contributed by atoms with van der Waals surface area (Å²) < 4.78 is 3.03. The van der Waals surface area contributed by atoms with Crippen molar-refractivity contribution >= 4 is 51.3 Å². The van der Waals surface area contributed by atoms with Gasteiger partial charge in [0.2, 0.25) is 0 Å². The minimum atomic E-state index is 1.05. The molecule has 0 aromatic carbocycles. The predicted molar refractivity (Wildman–Crippen MR) is 60.0 cm³/mol. The van der Waals surface area contributed by atoms with Crippen molar-refractivity contribution in [3.8, 4) is 0 Å². The summed E-state index contributed by atoms with van der Waals surface area (Å²) in [7, 11) is 0. The first-order chi connectivity index (χ1) is 4.84. The van der Waals surface area contributed by atoms with Crippen molar-refractivity contribution in [1.82, 2.24) is 4.98 Å². The van der Waals surface area contributed by atoms with E-state index >= 15 is 0 Å². The fourth-order valence-electron chi connectivity index (χ4n) is 0.591. The van der Waals surface area contributed by atoms with Crippen LogP contribution < -0.4 is 0 Å². The Morgan fingerprint density at radius 2 is 2.30 bits per heavy atom. The third-order valence-electron chi connectivity index (χ3n) is 1.03. The van der Waals surface area contributed by atoms with Gasteiger partial charge in [0, 0.05) is 11.8 Å². The maximum Gasteiger partial charge on any atom is 0.108 e. The van der Waals surface area contributed by atoms with Gasteiger partial charge in [0.1, 0.15) is 3.70 Å². The van der Waals surface area contributed by atoms with Crippen LogP contribution in [0, 0.1) is 3.70 Å². The van der Waals surface area contributed by atoms with E-state index < -0.39 is 0 Å². The fraction of sp³-hybridized carbons (Fsp3) is 0. The van der Waals surface area contributed by atoms with Crippen LogP contribution >= 0.6 is 45.2 Å². The number of hydrogen-bond acceptors (Lipinski definition) is 1. The van der Waals surface area contributed by atoms with Gasteiger partial charge in [0.15, 0.2) is 0 Å². The molecule has 0 aliphatic carbocycles. The smallest absolute Gasteiger partial charge is 0.108 e. The molecule has 0 fully saturated rings. The van der Waals surface area contributed by atoms with Crippen LogP contribution in [0.3, 0.4) is 0 Å². The minimum absolute atomic E-state index is 1.05. The van der Waals surface area contributed by atoms with Crippen LogP contribution in [0.4, 0.5) is 0 Å². The lowest BCUT2D eigenvalue weighted by molar-refractivity contribution is 1.26. The summed E-state index contributed by atoms with van der Waals surface area (Å²) in [4.78, 5) is 4.13. The SMILES string of the molecule is I/C=C\c1cccnc1I. The molecular weight excluding hydrogens is 352 g/mol. The highest BCUT2D eigenvalue weighted by atomic mass is 127. The number of hydrogen-bond donors (Lipinski definition) is 0. The maximum atomic E-state index is 4.13. The molecule has 52 valence electrons. The number of pyridine rings is 1. The lowest BCUT2D eigenvalue weighted by atomic mass is 10.3. The Morgan fingerprint density at radius 1 is 1.50 bits per heavy atom. The summed E-state index contributed by atoms with van der Waals surface area (Å²) in [6.45, 7) is 0. The summed E-state index contributed by atoms with van der Waals surface area (Å²) >= 11 is 4.41. The van der Waals surface area contributed by atoms with Crippen molar-refractivity contribution < 1.29 is 0 Å². The summed E-state index contributed by atoms with van der Waals surface area (Å²) in [5.74, 6) is 0. The van der Waals surface area contributed by atoms with Crippen molar-refractivity contribution in [3.63, 3.8) is 0 Å². The van der Waals surface area contributed by atoms with E-state index in [1.165, 1.54) is 5.56 Å². The molecule has 0 N–H and O–H groups in total. The maximum absolute atomic E-state index is 4.13. The molecule has 0 saturated heterocycles. The molecule has 1 aromatic rings. The van der Waals surface area contributed by atoms with Gasteiger partial charge in [-0.2, -0.15) is 0 Å². The molecule has 10 heavy (non-hydrogen) atoms. The number of rotatable bonds is 1. The van der Waals surface area contributed by atoms with Gasteiger partial charge < -0.3 is 0 Å². The Kier molecular flexibility index (Phi) is 3.61. The Hall–Kier alpha value is 0.350. The lowest BCUT2D eigenvalue weighted by Gasteiger charge is -1.93. The number of nitrogens with zero attached hydrogens (tertiary/aromatic N) is 1. The highest BCUT2D eigenvalue weighted by Gasteiger charge is 1.91. The second-order valence-electron chi connectivity index (χ2n) is 1.68. The summed E-state index contributed by atoms with van der Waals surface area (Å²) in [5, 5.41) is 0. The quantitative estimate of drug-likeness (QED) is 0.556. The van der Waals surface area contributed by atoms with Crippen LogP contribution in [0.5, 0.6) is 0 Å². The van der Waals surface area contributed by atoms with Crippen molar-refractivity contribution in [2.45, 2.75) is 0 Å². The Bertz CT molecular complexity index is 245. The Morgan fingerprint density at radius 3 is 2.90 bits per heavy atom. The van der Waals surface area contributed by atoms with Crippen LogP contribution in [0.2, 0.25) is 0 Å². The van der Waals surface area contributed by atoms with Gasteiger partial charge in [0.25, 0.3) is 0 Å². The Labute approximate surface area is 87.2 Å². The minimum Gasteiger partial charge on any atom is -0.250 e. The van der Waals surface area contributed by atoms with E-state index in [4.69, 9.17) is 0 Å². The monoisotopic (exact) mass is 357 g/mol. The van der Waals surface area contributed by atoms with Gasteiger partial charge in [-0.05, 0) is 38.8 Å². The van der Waals surface area contributed by atoms with Gasteiger partial charge in [-0.3, -0.25) is 0 Å². The molecular formula is C7H5I2N. The van der Waals surface area contributed by atoms with Gasteiger partial charge in [0.05, 0.1) is 0 Å². The number of halogens is 2. The normalized spacial score (nSPS) is 10.6. The molecule has 1 nitrogen and oxygen atoms in total. The van der Waals surface area contributed by atoms with Crippen molar-refractivity contribution in [2.24, 2.45) is 0 Å². The van der Waals surface area contributed by atoms with Crippen molar-refractivity contribution in [1.29, 1.82) is 0 Å². The molecule has 0 radical (unpaired) electrons. The number of aromatic nitrogens is 1. The molecule has 1 rings (SSSR count). The summed E-state index contributed by atoms with van der Waals surface area (Å²) in [6, 6.07) is 3.98. The first-order valence-electron chi connectivity index (χ1n) is 2.72. The van der Waals surface area contributed by atoms with E-state index in [1.54, 1.807) is 6.20 Å². The first-order valence-corrected chi connectivity index (χ1v) is 5.04. The van der Waals surface area contributed by atoms with E-state index in [0.29, 0.717) is 0 Å². The van der Waals surface area contributed by atoms with Crippen LogP contribution in [0.1, 0.15) is 5.56 Å². The molecule has 1 heterocycles. The van der Waals surface area contributed by atoms with Gasteiger partial charge in [-0.1, -0.05) is 28.7 Å². The topological polar surface area (TPSA) is 12.9 Å². The zero-order chi connectivity index (χ0) is 7.40. The molecule has 0 saturated carbocycles. The van der Waals surface area contributed by atoms with Gasteiger partial charge in [-0.15, -0.1) is 0 Å². The molecule has 0 aliphatic rings. The summed E-state index contributed by atoms with van der Waals surface area (Å²) in [5.41, 5.74) is 1.18. The van der Waals surface area contributed by atoms with Crippen LogP contribution in [0.15, 0.2) is 22.4 Å². The van der Waals surface area contributed by atoms with Crippen LogP contribution in [-0.4, -0.2) is 4.98 Å². The van der Waals surface area contributed by atoms with E-state index in [-0.39, 0.29) is 0 Å². The zero-order valence-corrected chi connectivity index (χ0v) is 9.40. The average Bonchev–Trinajstić information content (AvgIpc) is 1.94. The average molecular weight is 357 g/mol. The molecule has 0 amide bonds. The lowest BCUT2D eigenvalue weighted by Crippen LogP contribution is -1.81. The third kappa shape index (κ3) is 2.19. The molecule has 0 aliphatic heterocycles. The molecule has 1 aromatic heterocycles.